The van der Waals surface area contributed by atoms with Gasteiger partial charge in [-0.25, -0.2) is 9.78 Å². The second-order valence-corrected chi connectivity index (χ2v) is 6.97. The molecule has 142 valence electrons. The normalized spacial score (nSPS) is 14.5. The number of anilines is 1. The molecule has 0 aliphatic carbocycles. The van der Waals surface area contributed by atoms with Gasteiger partial charge in [0.25, 0.3) is 5.91 Å². The Kier molecular flexibility index (Phi) is 6.06. The van der Waals surface area contributed by atoms with E-state index in [-0.39, 0.29) is 11.5 Å². The fourth-order valence-corrected chi connectivity index (χ4v) is 3.32. The smallest absolute Gasteiger partial charge is 0.335 e. The number of hydrogen-bond donors (Lipinski definition) is 1. The number of rotatable bonds is 5. The first-order valence-corrected chi connectivity index (χ1v) is 9.33. The largest absolute Gasteiger partial charge is 0.478 e. The SMILES string of the molecule is CN(Cc1ccc(C(=O)O)cc1)C(=O)c1ccc(N2CCCCCC2)nc1. The molecule has 27 heavy (non-hydrogen) atoms. The average Bonchev–Trinajstić information content (AvgIpc) is 2.97. The number of pyridine rings is 1. The van der Waals surface area contributed by atoms with E-state index in [1.165, 1.54) is 25.7 Å². The van der Waals surface area contributed by atoms with Crippen molar-refractivity contribution in [3.8, 4) is 0 Å². The van der Waals surface area contributed by atoms with Crippen LogP contribution in [-0.4, -0.2) is 47.0 Å². The molecule has 3 rings (SSSR count). The van der Waals surface area contributed by atoms with Crippen LogP contribution in [0.2, 0.25) is 0 Å². The van der Waals surface area contributed by atoms with Gasteiger partial charge < -0.3 is 14.9 Å². The number of carboxylic acids is 1. The molecule has 1 saturated heterocycles. The summed E-state index contributed by atoms with van der Waals surface area (Å²) in [5.41, 5.74) is 1.67. The average molecular weight is 367 g/mol. The van der Waals surface area contributed by atoms with Gasteiger partial charge in [-0.05, 0) is 42.7 Å². The van der Waals surface area contributed by atoms with E-state index in [0.29, 0.717) is 12.1 Å². The quantitative estimate of drug-likeness (QED) is 0.876. The summed E-state index contributed by atoms with van der Waals surface area (Å²) in [6.07, 6.45) is 6.56. The van der Waals surface area contributed by atoms with Crippen LogP contribution in [0.4, 0.5) is 5.82 Å². The van der Waals surface area contributed by atoms with Crippen molar-refractivity contribution in [3.05, 3.63) is 59.3 Å². The number of carbonyl (C=O) groups is 2. The highest BCUT2D eigenvalue weighted by atomic mass is 16.4. The highest BCUT2D eigenvalue weighted by Crippen LogP contribution is 2.18. The summed E-state index contributed by atoms with van der Waals surface area (Å²) in [6, 6.07) is 10.3. The highest BCUT2D eigenvalue weighted by molar-refractivity contribution is 5.94. The topological polar surface area (TPSA) is 73.7 Å². The first-order chi connectivity index (χ1) is 13.0. The molecule has 0 saturated carbocycles. The number of benzene rings is 1. The van der Waals surface area contributed by atoms with Crippen LogP contribution in [0.25, 0.3) is 0 Å². The summed E-state index contributed by atoms with van der Waals surface area (Å²) < 4.78 is 0. The van der Waals surface area contributed by atoms with Gasteiger partial charge in [-0.1, -0.05) is 25.0 Å². The van der Waals surface area contributed by atoms with Crippen molar-refractivity contribution in [2.45, 2.75) is 32.2 Å². The van der Waals surface area contributed by atoms with Crippen molar-refractivity contribution >= 4 is 17.7 Å². The molecule has 1 fully saturated rings. The molecule has 1 N–H and O–H groups in total. The summed E-state index contributed by atoms with van der Waals surface area (Å²) in [5.74, 6) is -0.130. The van der Waals surface area contributed by atoms with E-state index in [9.17, 15) is 9.59 Å². The van der Waals surface area contributed by atoms with Gasteiger partial charge in [-0.2, -0.15) is 0 Å². The highest BCUT2D eigenvalue weighted by Gasteiger charge is 2.15. The van der Waals surface area contributed by atoms with Gasteiger partial charge >= 0.3 is 5.97 Å². The zero-order chi connectivity index (χ0) is 19.2. The molecular formula is C21H25N3O3. The lowest BCUT2D eigenvalue weighted by Gasteiger charge is -2.22. The Labute approximate surface area is 159 Å². The number of carboxylic acid groups (broad SMARTS) is 1. The van der Waals surface area contributed by atoms with Crippen molar-refractivity contribution < 1.29 is 14.7 Å². The van der Waals surface area contributed by atoms with Crippen LogP contribution in [-0.2, 0) is 6.54 Å². The number of nitrogens with zero attached hydrogens (tertiary/aromatic N) is 3. The Bertz CT molecular complexity index is 779. The van der Waals surface area contributed by atoms with E-state index >= 15 is 0 Å². The second kappa shape index (κ2) is 8.66. The molecule has 0 unspecified atom stereocenters. The maximum atomic E-state index is 12.6. The van der Waals surface area contributed by atoms with Gasteiger partial charge in [0.1, 0.15) is 5.82 Å². The van der Waals surface area contributed by atoms with E-state index in [0.717, 1.165) is 24.5 Å². The van der Waals surface area contributed by atoms with Crippen molar-refractivity contribution in [1.29, 1.82) is 0 Å². The lowest BCUT2D eigenvalue weighted by Crippen LogP contribution is -2.27. The molecule has 1 aliphatic heterocycles. The van der Waals surface area contributed by atoms with E-state index in [1.54, 1.807) is 42.4 Å². The first kappa shape index (κ1) is 18.9. The van der Waals surface area contributed by atoms with Gasteiger partial charge in [-0.15, -0.1) is 0 Å². The van der Waals surface area contributed by atoms with Gasteiger partial charge in [-0.3, -0.25) is 4.79 Å². The Morgan fingerprint density at radius 3 is 2.19 bits per heavy atom. The second-order valence-electron chi connectivity index (χ2n) is 6.97. The van der Waals surface area contributed by atoms with Crippen LogP contribution in [0.3, 0.4) is 0 Å². The van der Waals surface area contributed by atoms with E-state index in [1.807, 2.05) is 12.1 Å². The van der Waals surface area contributed by atoms with Crippen molar-refractivity contribution in [3.63, 3.8) is 0 Å². The molecule has 6 heteroatoms. The third kappa shape index (κ3) is 4.84. The fourth-order valence-electron chi connectivity index (χ4n) is 3.32. The summed E-state index contributed by atoms with van der Waals surface area (Å²) in [7, 11) is 1.73. The number of hydrogen-bond acceptors (Lipinski definition) is 4. The zero-order valence-corrected chi connectivity index (χ0v) is 15.6. The Balaban J connectivity index is 1.63. The van der Waals surface area contributed by atoms with E-state index in [2.05, 4.69) is 9.88 Å². The summed E-state index contributed by atoms with van der Waals surface area (Å²) in [6.45, 7) is 2.45. The third-order valence-corrected chi connectivity index (χ3v) is 4.89. The van der Waals surface area contributed by atoms with Crippen molar-refractivity contribution in [2.24, 2.45) is 0 Å². The maximum Gasteiger partial charge on any atom is 0.335 e. The summed E-state index contributed by atoms with van der Waals surface area (Å²) >= 11 is 0. The standard InChI is InChI=1S/C21H25N3O3/c1-23(15-16-6-8-17(9-7-16)21(26)27)20(25)18-10-11-19(22-14-18)24-12-4-2-3-5-13-24/h6-11,14H,2-5,12-13,15H2,1H3,(H,26,27). The van der Waals surface area contributed by atoms with Crippen LogP contribution >= 0.6 is 0 Å². The van der Waals surface area contributed by atoms with Gasteiger partial charge in [0, 0.05) is 32.9 Å². The molecular weight excluding hydrogens is 342 g/mol. The minimum Gasteiger partial charge on any atom is -0.478 e. The van der Waals surface area contributed by atoms with Crippen LogP contribution in [0.1, 0.15) is 52.0 Å². The Hall–Kier alpha value is -2.89. The van der Waals surface area contributed by atoms with Gasteiger partial charge in [0.2, 0.25) is 0 Å². The van der Waals surface area contributed by atoms with Gasteiger partial charge in [0.15, 0.2) is 0 Å². The molecule has 0 bridgehead atoms. The number of carbonyl (C=O) groups excluding carboxylic acids is 1. The minimum absolute atomic E-state index is 0.104. The fraction of sp³-hybridized carbons (Fsp3) is 0.381. The molecule has 0 radical (unpaired) electrons. The van der Waals surface area contributed by atoms with E-state index in [4.69, 9.17) is 5.11 Å². The minimum atomic E-state index is -0.957. The lowest BCUT2D eigenvalue weighted by molar-refractivity contribution is 0.0695. The monoisotopic (exact) mass is 367 g/mol. The van der Waals surface area contributed by atoms with Crippen LogP contribution < -0.4 is 4.90 Å². The lowest BCUT2D eigenvalue weighted by atomic mass is 10.1. The predicted octanol–water partition coefficient (Wildman–Crippen LogP) is 3.43. The molecule has 1 aromatic carbocycles. The Morgan fingerprint density at radius 2 is 1.63 bits per heavy atom. The molecule has 6 nitrogen and oxygen atoms in total. The molecule has 0 spiro atoms. The summed E-state index contributed by atoms with van der Waals surface area (Å²) in [5, 5.41) is 8.95. The third-order valence-electron chi connectivity index (χ3n) is 4.89. The first-order valence-electron chi connectivity index (χ1n) is 9.33. The van der Waals surface area contributed by atoms with Crippen molar-refractivity contribution in [1.82, 2.24) is 9.88 Å². The Morgan fingerprint density at radius 1 is 1.00 bits per heavy atom. The van der Waals surface area contributed by atoms with Crippen molar-refractivity contribution in [2.75, 3.05) is 25.0 Å². The van der Waals surface area contributed by atoms with Crippen LogP contribution in [0, 0.1) is 0 Å². The van der Waals surface area contributed by atoms with Crippen LogP contribution in [0.5, 0.6) is 0 Å². The van der Waals surface area contributed by atoms with Crippen LogP contribution in [0.15, 0.2) is 42.6 Å². The number of aromatic carboxylic acids is 1. The number of aromatic nitrogens is 1. The molecule has 1 aliphatic rings. The molecule has 1 aromatic heterocycles. The molecule has 2 heterocycles. The molecule has 2 aromatic rings. The van der Waals surface area contributed by atoms with E-state index < -0.39 is 5.97 Å². The molecule has 1 amide bonds. The van der Waals surface area contributed by atoms with Gasteiger partial charge in [0.05, 0.1) is 11.1 Å². The predicted molar refractivity (Wildman–Crippen MR) is 104 cm³/mol. The molecule has 0 atom stereocenters. The number of amides is 1. The zero-order valence-electron chi connectivity index (χ0n) is 15.6. The maximum absolute atomic E-state index is 12.6. The summed E-state index contributed by atoms with van der Waals surface area (Å²) in [4.78, 5) is 32.0.